The van der Waals surface area contributed by atoms with Gasteiger partial charge in [0.1, 0.15) is 0 Å². The van der Waals surface area contributed by atoms with Gasteiger partial charge in [-0.2, -0.15) is 0 Å². The van der Waals surface area contributed by atoms with Crippen molar-refractivity contribution in [2.45, 2.75) is 31.7 Å². The van der Waals surface area contributed by atoms with Crippen molar-refractivity contribution >= 4 is 15.7 Å². The minimum atomic E-state index is -3.64. The van der Waals surface area contributed by atoms with Crippen LogP contribution >= 0.6 is 0 Å². The lowest BCUT2D eigenvalue weighted by Crippen LogP contribution is -2.12. The highest BCUT2D eigenvalue weighted by Gasteiger charge is 2.10. The maximum Gasteiger partial charge on any atom is 0.238 e. The summed E-state index contributed by atoms with van der Waals surface area (Å²) in [5.74, 6) is 0. The zero-order valence-corrected chi connectivity index (χ0v) is 13.2. The number of primary sulfonamides is 1. The Morgan fingerprint density at radius 1 is 1.05 bits per heavy atom. The standard InChI is InChI=1S/C16H20N2O2S/c1-11-4-5-12(2)16(10-11)13(3)18-14-6-8-15(9-7-14)21(17,19)20/h4-10,13,18H,1-3H3,(H2,17,19,20). The summed E-state index contributed by atoms with van der Waals surface area (Å²) >= 11 is 0. The van der Waals surface area contributed by atoms with Gasteiger partial charge in [-0.3, -0.25) is 0 Å². The second-order valence-corrected chi connectivity index (χ2v) is 6.86. The van der Waals surface area contributed by atoms with Crippen LogP contribution in [-0.4, -0.2) is 8.42 Å². The normalized spacial score (nSPS) is 13.0. The van der Waals surface area contributed by atoms with E-state index >= 15 is 0 Å². The highest BCUT2D eigenvalue weighted by atomic mass is 32.2. The summed E-state index contributed by atoms with van der Waals surface area (Å²) in [5, 5.41) is 8.46. The minimum Gasteiger partial charge on any atom is -0.379 e. The summed E-state index contributed by atoms with van der Waals surface area (Å²) in [7, 11) is -3.64. The lowest BCUT2D eigenvalue weighted by molar-refractivity contribution is 0.598. The topological polar surface area (TPSA) is 72.2 Å². The molecule has 0 saturated heterocycles. The number of nitrogens with two attached hydrogens (primary N) is 1. The molecule has 1 atom stereocenters. The summed E-state index contributed by atoms with van der Waals surface area (Å²) in [6, 6.07) is 12.9. The van der Waals surface area contributed by atoms with Gasteiger partial charge in [-0.15, -0.1) is 0 Å². The number of hydrogen-bond acceptors (Lipinski definition) is 3. The van der Waals surface area contributed by atoms with Gasteiger partial charge in [0, 0.05) is 11.7 Å². The van der Waals surface area contributed by atoms with E-state index in [0.717, 1.165) is 5.69 Å². The fourth-order valence-corrected chi connectivity index (χ4v) is 2.81. The first kappa shape index (κ1) is 15.5. The molecule has 0 aliphatic rings. The fraction of sp³-hybridized carbons (Fsp3) is 0.250. The fourth-order valence-electron chi connectivity index (χ4n) is 2.29. The van der Waals surface area contributed by atoms with E-state index in [1.165, 1.54) is 28.8 Å². The average Bonchev–Trinajstić information content (AvgIpc) is 2.41. The smallest absolute Gasteiger partial charge is 0.238 e. The van der Waals surface area contributed by atoms with Gasteiger partial charge >= 0.3 is 0 Å². The van der Waals surface area contributed by atoms with Crippen LogP contribution in [0.4, 0.5) is 5.69 Å². The van der Waals surface area contributed by atoms with Gasteiger partial charge in [-0.1, -0.05) is 23.8 Å². The van der Waals surface area contributed by atoms with Crippen LogP contribution in [0.5, 0.6) is 0 Å². The highest BCUT2D eigenvalue weighted by Crippen LogP contribution is 2.23. The van der Waals surface area contributed by atoms with E-state index in [1.807, 2.05) is 0 Å². The van der Waals surface area contributed by atoms with Gasteiger partial charge in [0.2, 0.25) is 10.0 Å². The Hall–Kier alpha value is -1.85. The molecule has 0 radical (unpaired) electrons. The van der Waals surface area contributed by atoms with E-state index in [9.17, 15) is 8.42 Å². The summed E-state index contributed by atoms with van der Waals surface area (Å²) in [6.07, 6.45) is 0. The molecule has 0 aliphatic heterocycles. The van der Waals surface area contributed by atoms with Gasteiger partial charge < -0.3 is 5.32 Å². The quantitative estimate of drug-likeness (QED) is 0.911. The molecule has 2 aromatic rings. The Morgan fingerprint density at radius 2 is 1.67 bits per heavy atom. The van der Waals surface area contributed by atoms with Crippen LogP contribution in [0, 0.1) is 13.8 Å². The van der Waals surface area contributed by atoms with Crippen molar-refractivity contribution in [2.75, 3.05) is 5.32 Å². The van der Waals surface area contributed by atoms with Crippen molar-refractivity contribution in [2.24, 2.45) is 5.14 Å². The van der Waals surface area contributed by atoms with E-state index in [4.69, 9.17) is 5.14 Å². The molecule has 3 N–H and O–H groups in total. The first-order chi connectivity index (χ1) is 9.77. The molecule has 0 spiro atoms. The van der Waals surface area contributed by atoms with Crippen LogP contribution in [0.25, 0.3) is 0 Å². The number of benzene rings is 2. The molecule has 0 aliphatic carbocycles. The third-order valence-electron chi connectivity index (χ3n) is 3.47. The average molecular weight is 304 g/mol. The van der Waals surface area contributed by atoms with Crippen LogP contribution in [-0.2, 0) is 10.0 Å². The molecule has 112 valence electrons. The van der Waals surface area contributed by atoms with Crippen LogP contribution in [0.1, 0.15) is 29.7 Å². The van der Waals surface area contributed by atoms with Gasteiger partial charge in [0.05, 0.1) is 4.90 Å². The molecule has 5 heteroatoms. The second kappa shape index (κ2) is 5.87. The Labute approximate surface area is 126 Å². The number of nitrogens with one attached hydrogen (secondary N) is 1. The molecule has 0 heterocycles. The second-order valence-electron chi connectivity index (χ2n) is 5.30. The summed E-state index contributed by atoms with van der Waals surface area (Å²) in [6.45, 7) is 6.23. The molecular formula is C16H20N2O2S. The molecule has 21 heavy (non-hydrogen) atoms. The SMILES string of the molecule is Cc1ccc(C)c(C(C)Nc2ccc(S(N)(=O)=O)cc2)c1. The van der Waals surface area contributed by atoms with Crippen molar-refractivity contribution in [3.63, 3.8) is 0 Å². The van der Waals surface area contributed by atoms with Crippen molar-refractivity contribution < 1.29 is 8.42 Å². The monoisotopic (exact) mass is 304 g/mol. The summed E-state index contributed by atoms with van der Waals surface area (Å²) in [4.78, 5) is 0.118. The zero-order valence-electron chi connectivity index (χ0n) is 12.4. The molecule has 2 aromatic carbocycles. The van der Waals surface area contributed by atoms with Crippen molar-refractivity contribution in [3.05, 3.63) is 59.2 Å². The van der Waals surface area contributed by atoms with Gasteiger partial charge in [0.15, 0.2) is 0 Å². The first-order valence-corrected chi connectivity index (χ1v) is 8.28. The third-order valence-corrected chi connectivity index (χ3v) is 4.40. The summed E-state index contributed by atoms with van der Waals surface area (Å²) < 4.78 is 22.5. The predicted molar refractivity (Wildman–Crippen MR) is 85.8 cm³/mol. The zero-order chi connectivity index (χ0) is 15.6. The number of anilines is 1. The number of rotatable bonds is 4. The van der Waals surface area contributed by atoms with Crippen LogP contribution < -0.4 is 10.5 Å². The summed E-state index contributed by atoms with van der Waals surface area (Å²) in [5.41, 5.74) is 4.52. The minimum absolute atomic E-state index is 0.118. The van der Waals surface area contributed by atoms with Gasteiger partial charge in [-0.05, 0) is 56.2 Å². The van der Waals surface area contributed by atoms with Crippen molar-refractivity contribution in [1.29, 1.82) is 0 Å². The Bertz CT molecular complexity index is 737. The molecule has 0 fully saturated rings. The Morgan fingerprint density at radius 3 is 2.24 bits per heavy atom. The number of aryl methyl sites for hydroxylation is 2. The highest BCUT2D eigenvalue weighted by molar-refractivity contribution is 7.89. The first-order valence-electron chi connectivity index (χ1n) is 6.74. The number of sulfonamides is 1. The van der Waals surface area contributed by atoms with Crippen LogP contribution in [0.3, 0.4) is 0 Å². The predicted octanol–water partition coefficient (Wildman–Crippen LogP) is 3.12. The van der Waals surface area contributed by atoms with E-state index in [-0.39, 0.29) is 10.9 Å². The van der Waals surface area contributed by atoms with E-state index in [2.05, 4.69) is 44.3 Å². The molecule has 0 amide bonds. The molecule has 2 rings (SSSR count). The van der Waals surface area contributed by atoms with Crippen LogP contribution in [0.15, 0.2) is 47.4 Å². The molecule has 0 saturated carbocycles. The van der Waals surface area contributed by atoms with Gasteiger partial charge in [0.25, 0.3) is 0 Å². The van der Waals surface area contributed by atoms with E-state index < -0.39 is 10.0 Å². The lowest BCUT2D eigenvalue weighted by Gasteiger charge is -2.18. The molecule has 1 unspecified atom stereocenters. The molecular weight excluding hydrogens is 284 g/mol. The molecule has 0 aromatic heterocycles. The van der Waals surface area contributed by atoms with E-state index in [0.29, 0.717) is 0 Å². The largest absolute Gasteiger partial charge is 0.379 e. The molecule has 0 bridgehead atoms. The van der Waals surface area contributed by atoms with Crippen LogP contribution in [0.2, 0.25) is 0 Å². The third kappa shape index (κ3) is 3.83. The Kier molecular flexibility index (Phi) is 4.34. The maximum absolute atomic E-state index is 11.2. The lowest BCUT2D eigenvalue weighted by atomic mass is 10.00. The maximum atomic E-state index is 11.2. The van der Waals surface area contributed by atoms with E-state index in [1.54, 1.807) is 12.1 Å². The number of hydrogen-bond donors (Lipinski definition) is 2. The Balaban J connectivity index is 2.20. The molecule has 4 nitrogen and oxygen atoms in total. The van der Waals surface area contributed by atoms with Crippen molar-refractivity contribution in [1.82, 2.24) is 0 Å². The van der Waals surface area contributed by atoms with Crippen molar-refractivity contribution in [3.8, 4) is 0 Å². The van der Waals surface area contributed by atoms with Gasteiger partial charge in [-0.25, -0.2) is 13.6 Å².